The Labute approximate surface area is 140 Å². The number of hydrogen-bond donors (Lipinski definition) is 2. The van der Waals surface area contributed by atoms with Crippen molar-refractivity contribution >= 4 is 45.9 Å². The summed E-state index contributed by atoms with van der Waals surface area (Å²) < 4.78 is 6.08. The smallest absolute Gasteiger partial charge is 0.191 e. The Morgan fingerprint density at radius 2 is 1.95 bits per heavy atom. The fourth-order valence-corrected chi connectivity index (χ4v) is 1.70. The number of methoxy groups -OCH3 is 1. The molecule has 0 bridgehead atoms. The number of ether oxygens (including phenoxy) is 1. The second kappa shape index (κ2) is 11.5. The Morgan fingerprint density at radius 3 is 2.53 bits per heavy atom. The van der Waals surface area contributed by atoms with Crippen LogP contribution in [0, 0.1) is 0 Å². The molecule has 0 aliphatic carbocycles. The quantitative estimate of drug-likeness (QED) is 0.309. The number of nitrogens with zero attached hydrogens (tertiary/aromatic N) is 1. The van der Waals surface area contributed by atoms with Crippen LogP contribution in [0.3, 0.4) is 0 Å². The van der Waals surface area contributed by atoms with Crippen LogP contribution in [-0.2, 0) is 11.3 Å². The molecular formula is C13H21BrIN3O. The zero-order valence-corrected chi connectivity index (χ0v) is 15.2. The molecule has 0 amide bonds. The maximum absolute atomic E-state index is 4.99. The van der Waals surface area contributed by atoms with Crippen LogP contribution in [0.2, 0.25) is 0 Å². The second-order valence-corrected chi connectivity index (χ2v) is 4.74. The van der Waals surface area contributed by atoms with Crippen molar-refractivity contribution in [2.24, 2.45) is 4.99 Å². The monoisotopic (exact) mass is 441 g/mol. The summed E-state index contributed by atoms with van der Waals surface area (Å²) >= 11 is 3.42. The molecule has 1 rings (SSSR count). The molecular weight excluding hydrogens is 421 g/mol. The van der Waals surface area contributed by atoms with Crippen LogP contribution in [0.5, 0.6) is 0 Å². The number of guanidine groups is 1. The first-order valence-electron chi connectivity index (χ1n) is 5.94. The summed E-state index contributed by atoms with van der Waals surface area (Å²) in [5.41, 5.74) is 1.22. The molecule has 0 saturated heterocycles. The predicted molar refractivity (Wildman–Crippen MR) is 94.3 cm³/mol. The highest BCUT2D eigenvalue weighted by Crippen LogP contribution is 2.09. The number of benzene rings is 1. The molecule has 0 aromatic heterocycles. The molecule has 6 heteroatoms. The van der Waals surface area contributed by atoms with Gasteiger partial charge in [0, 0.05) is 38.3 Å². The van der Waals surface area contributed by atoms with Gasteiger partial charge in [0.2, 0.25) is 0 Å². The van der Waals surface area contributed by atoms with Gasteiger partial charge in [0.15, 0.2) is 5.96 Å². The lowest BCUT2D eigenvalue weighted by Gasteiger charge is -2.11. The fraction of sp³-hybridized carbons (Fsp3) is 0.462. The van der Waals surface area contributed by atoms with E-state index in [1.165, 1.54) is 5.56 Å². The van der Waals surface area contributed by atoms with Crippen molar-refractivity contribution in [3.05, 3.63) is 34.3 Å². The second-order valence-electron chi connectivity index (χ2n) is 3.83. The van der Waals surface area contributed by atoms with Crippen molar-refractivity contribution in [2.75, 3.05) is 27.3 Å². The Bertz CT molecular complexity index is 371. The van der Waals surface area contributed by atoms with Gasteiger partial charge in [0.1, 0.15) is 0 Å². The van der Waals surface area contributed by atoms with Crippen LogP contribution >= 0.6 is 39.9 Å². The average molecular weight is 442 g/mol. The average Bonchev–Trinajstić information content (AvgIpc) is 2.40. The van der Waals surface area contributed by atoms with Gasteiger partial charge in [-0.3, -0.25) is 4.99 Å². The number of rotatable bonds is 6. The third kappa shape index (κ3) is 8.43. The minimum atomic E-state index is 0. The van der Waals surface area contributed by atoms with Crippen LogP contribution in [0.25, 0.3) is 0 Å². The van der Waals surface area contributed by atoms with E-state index in [9.17, 15) is 0 Å². The van der Waals surface area contributed by atoms with E-state index >= 15 is 0 Å². The molecule has 0 fully saturated rings. The Hall–Kier alpha value is -0.340. The molecule has 0 spiro atoms. The van der Waals surface area contributed by atoms with Crippen LogP contribution < -0.4 is 10.6 Å². The molecule has 0 aliphatic rings. The Balaban J connectivity index is 0.00000324. The summed E-state index contributed by atoms with van der Waals surface area (Å²) in [6, 6.07) is 8.22. The fourth-order valence-electron chi connectivity index (χ4n) is 1.43. The van der Waals surface area contributed by atoms with Gasteiger partial charge < -0.3 is 15.4 Å². The minimum absolute atomic E-state index is 0. The molecule has 1 aromatic carbocycles. The van der Waals surface area contributed by atoms with E-state index in [0.29, 0.717) is 0 Å². The first-order chi connectivity index (χ1) is 8.76. The molecule has 108 valence electrons. The van der Waals surface area contributed by atoms with E-state index in [4.69, 9.17) is 4.74 Å². The van der Waals surface area contributed by atoms with Gasteiger partial charge in [-0.05, 0) is 24.1 Å². The lowest BCUT2D eigenvalue weighted by atomic mass is 10.2. The summed E-state index contributed by atoms with van der Waals surface area (Å²) in [7, 11) is 3.48. The molecule has 0 unspecified atom stereocenters. The van der Waals surface area contributed by atoms with Gasteiger partial charge in [0.05, 0.1) is 0 Å². The summed E-state index contributed by atoms with van der Waals surface area (Å²) in [4.78, 5) is 4.16. The third-order valence-corrected chi connectivity index (χ3v) is 2.94. The van der Waals surface area contributed by atoms with E-state index < -0.39 is 0 Å². The van der Waals surface area contributed by atoms with Gasteiger partial charge in [-0.25, -0.2) is 0 Å². The van der Waals surface area contributed by atoms with Gasteiger partial charge in [-0.1, -0.05) is 28.1 Å². The predicted octanol–water partition coefficient (Wildman–Crippen LogP) is 2.77. The largest absolute Gasteiger partial charge is 0.385 e. The maximum atomic E-state index is 4.99. The van der Waals surface area contributed by atoms with Crippen LogP contribution in [0.15, 0.2) is 33.7 Å². The van der Waals surface area contributed by atoms with E-state index in [2.05, 4.69) is 43.7 Å². The zero-order valence-electron chi connectivity index (χ0n) is 11.3. The van der Waals surface area contributed by atoms with E-state index in [0.717, 1.165) is 36.5 Å². The van der Waals surface area contributed by atoms with Crippen molar-refractivity contribution in [2.45, 2.75) is 13.0 Å². The first-order valence-corrected chi connectivity index (χ1v) is 6.73. The lowest BCUT2D eigenvalue weighted by Crippen LogP contribution is -2.37. The van der Waals surface area contributed by atoms with E-state index in [1.807, 2.05) is 12.1 Å². The highest BCUT2D eigenvalue weighted by Gasteiger charge is 1.97. The van der Waals surface area contributed by atoms with Gasteiger partial charge >= 0.3 is 0 Å². The molecule has 0 heterocycles. The van der Waals surface area contributed by atoms with Crippen LogP contribution in [0.4, 0.5) is 0 Å². The minimum Gasteiger partial charge on any atom is -0.385 e. The SMILES string of the molecule is CN=C(NCCCOC)NCc1ccc(Br)cc1.I. The highest BCUT2D eigenvalue weighted by atomic mass is 127. The number of hydrogen-bond acceptors (Lipinski definition) is 2. The van der Waals surface area contributed by atoms with Gasteiger partial charge in [-0.2, -0.15) is 0 Å². The lowest BCUT2D eigenvalue weighted by molar-refractivity contribution is 0.195. The molecule has 4 nitrogen and oxygen atoms in total. The van der Waals surface area contributed by atoms with E-state index in [-0.39, 0.29) is 24.0 Å². The van der Waals surface area contributed by atoms with Crippen molar-refractivity contribution in [1.29, 1.82) is 0 Å². The van der Waals surface area contributed by atoms with Crippen LogP contribution in [0.1, 0.15) is 12.0 Å². The number of nitrogens with one attached hydrogen (secondary N) is 2. The summed E-state index contributed by atoms with van der Waals surface area (Å²) in [5.74, 6) is 0.814. The van der Waals surface area contributed by atoms with Crippen molar-refractivity contribution in [3.8, 4) is 0 Å². The normalized spacial score (nSPS) is 10.8. The zero-order chi connectivity index (χ0) is 13.2. The molecule has 0 saturated carbocycles. The van der Waals surface area contributed by atoms with Crippen molar-refractivity contribution < 1.29 is 4.74 Å². The number of aliphatic imine (C=N–C) groups is 1. The molecule has 2 N–H and O–H groups in total. The Kier molecular flexibility index (Phi) is 11.3. The molecule has 1 aromatic rings. The van der Waals surface area contributed by atoms with Gasteiger partial charge in [0.25, 0.3) is 0 Å². The number of halogens is 2. The van der Waals surface area contributed by atoms with Crippen molar-refractivity contribution in [1.82, 2.24) is 10.6 Å². The molecule has 0 radical (unpaired) electrons. The van der Waals surface area contributed by atoms with Crippen molar-refractivity contribution in [3.63, 3.8) is 0 Å². The van der Waals surface area contributed by atoms with Crippen LogP contribution in [-0.4, -0.2) is 33.3 Å². The first kappa shape index (κ1) is 18.7. The summed E-state index contributed by atoms with van der Waals surface area (Å²) in [6.07, 6.45) is 0.968. The summed E-state index contributed by atoms with van der Waals surface area (Å²) in [6.45, 7) is 2.38. The molecule has 0 atom stereocenters. The third-order valence-electron chi connectivity index (χ3n) is 2.41. The molecule has 0 aliphatic heterocycles. The standard InChI is InChI=1S/C13H20BrN3O.HI/c1-15-13(16-8-3-9-18-2)17-10-11-4-6-12(14)7-5-11;/h4-7H,3,8-10H2,1-2H3,(H2,15,16,17);1H. The molecule has 19 heavy (non-hydrogen) atoms. The maximum Gasteiger partial charge on any atom is 0.191 e. The van der Waals surface area contributed by atoms with E-state index in [1.54, 1.807) is 14.2 Å². The topological polar surface area (TPSA) is 45.7 Å². The Morgan fingerprint density at radius 1 is 1.26 bits per heavy atom. The highest BCUT2D eigenvalue weighted by molar-refractivity contribution is 14.0. The van der Waals surface area contributed by atoms with Gasteiger partial charge in [-0.15, -0.1) is 24.0 Å². The summed E-state index contributed by atoms with van der Waals surface area (Å²) in [5, 5.41) is 6.50.